The molecule has 0 aliphatic heterocycles. The largest absolute Gasteiger partial charge is 0.305 e. The van der Waals surface area contributed by atoms with Crippen LogP contribution in [0.5, 0.6) is 0 Å². The first-order valence-corrected chi connectivity index (χ1v) is 12.2. The van der Waals surface area contributed by atoms with E-state index in [1.54, 1.807) is 24.4 Å². The first-order valence-electron chi connectivity index (χ1n) is 10.7. The Kier molecular flexibility index (Phi) is 5.17. The van der Waals surface area contributed by atoms with Crippen LogP contribution < -0.4 is 11.0 Å². The van der Waals surface area contributed by atoms with Gasteiger partial charge in [-0.05, 0) is 49.2 Å². The predicted octanol–water partition coefficient (Wildman–Crippen LogP) is 3.63. The average Bonchev–Trinajstić information content (AvgIpc) is 2.82. The van der Waals surface area contributed by atoms with Crippen LogP contribution in [-0.2, 0) is 16.4 Å². The fraction of sp³-hybridized carbons (Fsp3) is 0.115. The van der Waals surface area contributed by atoms with E-state index < -0.39 is 9.84 Å². The molecule has 34 heavy (non-hydrogen) atoms. The number of sulfone groups is 1. The number of nitrogens with one attached hydrogen (secondary N) is 1. The quantitative estimate of drug-likeness (QED) is 0.406. The number of aryl methyl sites for hydroxylation is 2. The van der Waals surface area contributed by atoms with Crippen molar-refractivity contribution >= 4 is 26.5 Å². The van der Waals surface area contributed by atoms with E-state index in [1.807, 2.05) is 50.2 Å². The van der Waals surface area contributed by atoms with E-state index in [9.17, 15) is 13.2 Å². The molecule has 0 radical (unpaired) electrons. The highest BCUT2D eigenvalue weighted by atomic mass is 32.2. The summed E-state index contributed by atoms with van der Waals surface area (Å²) in [5.41, 5.74) is 2.72. The molecule has 2 aromatic carbocycles. The normalized spacial score (nSPS) is 11.8. The van der Waals surface area contributed by atoms with E-state index in [1.165, 1.54) is 27.2 Å². The number of nitrogens with zero attached hydrogens (tertiary/aromatic N) is 3. The van der Waals surface area contributed by atoms with Gasteiger partial charge >= 0.3 is 0 Å². The lowest BCUT2D eigenvalue weighted by atomic mass is 10.2. The van der Waals surface area contributed by atoms with E-state index in [0.717, 1.165) is 16.7 Å². The molecule has 0 aliphatic carbocycles. The topological polar surface area (TPSA) is 97.3 Å². The molecule has 8 heteroatoms. The van der Waals surface area contributed by atoms with E-state index in [-0.39, 0.29) is 38.4 Å². The smallest absolute Gasteiger partial charge is 0.267 e. The molecule has 0 atom stereocenters. The van der Waals surface area contributed by atoms with Crippen molar-refractivity contribution in [3.8, 4) is 0 Å². The molecule has 0 bridgehead atoms. The summed E-state index contributed by atoms with van der Waals surface area (Å²) < 4.78 is 30.1. The molecule has 0 saturated heterocycles. The van der Waals surface area contributed by atoms with Crippen LogP contribution in [-0.4, -0.2) is 22.4 Å². The molecule has 5 aromatic rings. The fourth-order valence-electron chi connectivity index (χ4n) is 4.04. The predicted molar refractivity (Wildman–Crippen MR) is 130 cm³/mol. The Hall–Kier alpha value is -4.04. The number of hydrogen-bond acceptors (Lipinski definition) is 5. The molecular weight excluding hydrogens is 448 g/mol. The van der Waals surface area contributed by atoms with E-state index in [4.69, 9.17) is 10.4 Å². The third kappa shape index (κ3) is 3.52. The Labute approximate surface area is 196 Å². The summed E-state index contributed by atoms with van der Waals surface area (Å²) in [5.74, 6) is 0. The van der Waals surface area contributed by atoms with Gasteiger partial charge in [-0.1, -0.05) is 54.1 Å². The van der Waals surface area contributed by atoms with Gasteiger partial charge in [0.05, 0.1) is 16.8 Å². The molecule has 5 rings (SSSR count). The van der Waals surface area contributed by atoms with Crippen molar-refractivity contribution in [1.82, 2.24) is 14.0 Å². The van der Waals surface area contributed by atoms with Crippen LogP contribution in [0.1, 0.15) is 16.7 Å². The Morgan fingerprint density at radius 1 is 0.912 bits per heavy atom. The van der Waals surface area contributed by atoms with E-state index in [2.05, 4.69) is 0 Å². The van der Waals surface area contributed by atoms with Crippen LogP contribution in [0.4, 0.5) is 0 Å². The second kappa shape index (κ2) is 8.07. The summed E-state index contributed by atoms with van der Waals surface area (Å²) in [4.78, 5) is 18.0. The summed E-state index contributed by atoms with van der Waals surface area (Å²) in [5, 5.41) is 9.03. The molecule has 170 valence electrons. The maximum absolute atomic E-state index is 13.6. The van der Waals surface area contributed by atoms with Crippen molar-refractivity contribution in [3.63, 3.8) is 0 Å². The zero-order valence-electron chi connectivity index (χ0n) is 18.7. The van der Waals surface area contributed by atoms with Gasteiger partial charge in [-0.2, -0.15) is 0 Å². The van der Waals surface area contributed by atoms with Crippen LogP contribution in [0, 0.1) is 19.3 Å². The van der Waals surface area contributed by atoms with Crippen molar-refractivity contribution in [2.24, 2.45) is 0 Å². The van der Waals surface area contributed by atoms with Crippen molar-refractivity contribution in [2.75, 3.05) is 0 Å². The Bertz CT molecular complexity index is 1790. The molecular formula is C26H22N4O3S. The highest BCUT2D eigenvalue weighted by Crippen LogP contribution is 2.22. The lowest BCUT2D eigenvalue weighted by Crippen LogP contribution is -2.30. The van der Waals surface area contributed by atoms with Gasteiger partial charge in [0.1, 0.15) is 21.7 Å². The van der Waals surface area contributed by atoms with Gasteiger partial charge in [-0.3, -0.25) is 14.6 Å². The van der Waals surface area contributed by atoms with Gasteiger partial charge < -0.3 is 4.57 Å². The molecule has 0 saturated carbocycles. The monoisotopic (exact) mass is 470 g/mol. The zero-order valence-corrected chi connectivity index (χ0v) is 19.5. The molecule has 0 amide bonds. The first-order chi connectivity index (χ1) is 16.3. The number of pyridine rings is 2. The second-order valence-corrected chi connectivity index (χ2v) is 10.2. The van der Waals surface area contributed by atoms with Gasteiger partial charge in [-0.25, -0.2) is 13.4 Å². The van der Waals surface area contributed by atoms with Crippen molar-refractivity contribution < 1.29 is 8.42 Å². The summed E-state index contributed by atoms with van der Waals surface area (Å²) >= 11 is 0. The number of fused-ring (bicyclic) bond motifs is 2. The third-order valence-electron chi connectivity index (χ3n) is 5.90. The molecule has 7 nitrogen and oxygen atoms in total. The Morgan fingerprint density at radius 2 is 1.62 bits per heavy atom. The van der Waals surface area contributed by atoms with Gasteiger partial charge in [0, 0.05) is 6.20 Å². The highest BCUT2D eigenvalue weighted by Gasteiger charge is 2.24. The molecule has 1 N–H and O–H groups in total. The van der Waals surface area contributed by atoms with Gasteiger partial charge in [0.2, 0.25) is 9.84 Å². The fourth-order valence-corrected chi connectivity index (χ4v) is 5.43. The molecule has 0 fully saturated rings. The van der Waals surface area contributed by atoms with Crippen molar-refractivity contribution in [2.45, 2.75) is 30.2 Å². The zero-order chi connectivity index (χ0) is 24.0. The number of rotatable bonds is 4. The number of benzene rings is 2. The minimum atomic E-state index is -4.06. The van der Waals surface area contributed by atoms with Crippen molar-refractivity contribution in [3.05, 3.63) is 112 Å². The second-order valence-electron chi connectivity index (χ2n) is 8.28. The molecule has 0 aliphatic rings. The Balaban J connectivity index is 1.89. The van der Waals surface area contributed by atoms with Gasteiger partial charge in [0.15, 0.2) is 0 Å². The number of hydrogen-bond donors (Lipinski definition) is 1. The number of aromatic nitrogens is 3. The first kappa shape index (κ1) is 21.8. The third-order valence-corrected chi connectivity index (χ3v) is 7.69. The average molecular weight is 471 g/mol. The van der Waals surface area contributed by atoms with Crippen LogP contribution in [0.3, 0.4) is 0 Å². The summed E-state index contributed by atoms with van der Waals surface area (Å²) in [7, 11) is -4.06. The molecule has 0 unspecified atom stereocenters. The Morgan fingerprint density at radius 3 is 2.32 bits per heavy atom. The molecule has 3 aromatic heterocycles. The maximum atomic E-state index is 13.6. The minimum Gasteiger partial charge on any atom is -0.305 e. The molecule has 3 heterocycles. The van der Waals surface area contributed by atoms with Crippen molar-refractivity contribution in [1.29, 1.82) is 5.41 Å². The summed E-state index contributed by atoms with van der Waals surface area (Å²) in [6.45, 7) is 3.92. The van der Waals surface area contributed by atoms with Gasteiger partial charge in [-0.15, -0.1) is 0 Å². The standard InChI is InChI=1S/C26H22N4O3S/c1-17-10-12-20(13-11-17)34(32,33)22-15-21-25(28-24-18(2)7-6-14-29(24)26(21)31)30(23(22)27)16-19-8-4-3-5-9-19/h3-15,27H,16H2,1-2H3. The van der Waals surface area contributed by atoms with Crippen LogP contribution in [0.2, 0.25) is 0 Å². The SMILES string of the molecule is Cc1ccc(S(=O)(=O)c2cc3c(=O)n4cccc(C)c4nc3n(Cc3ccccc3)c2=N)cc1. The van der Waals surface area contributed by atoms with Crippen LogP contribution in [0.15, 0.2) is 93.6 Å². The highest BCUT2D eigenvalue weighted by molar-refractivity contribution is 7.91. The van der Waals surface area contributed by atoms with E-state index >= 15 is 0 Å². The lowest BCUT2D eigenvalue weighted by Gasteiger charge is -2.16. The van der Waals surface area contributed by atoms with Crippen LogP contribution in [0.25, 0.3) is 16.7 Å². The minimum absolute atomic E-state index is 0.0712. The molecule has 0 spiro atoms. The lowest BCUT2D eigenvalue weighted by molar-refractivity contribution is 0.591. The summed E-state index contributed by atoms with van der Waals surface area (Å²) in [6.07, 6.45) is 1.61. The van der Waals surface area contributed by atoms with Gasteiger partial charge in [0.25, 0.3) is 5.56 Å². The maximum Gasteiger partial charge on any atom is 0.267 e. The van der Waals surface area contributed by atoms with Crippen LogP contribution >= 0.6 is 0 Å². The summed E-state index contributed by atoms with van der Waals surface area (Å²) in [6, 6.07) is 20.8. The van der Waals surface area contributed by atoms with E-state index in [0.29, 0.717) is 5.65 Å².